The van der Waals surface area contributed by atoms with Crippen molar-refractivity contribution in [3.63, 3.8) is 0 Å². The quantitative estimate of drug-likeness (QED) is 0.384. The summed E-state index contributed by atoms with van der Waals surface area (Å²) in [7, 11) is 0. The highest BCUT2D eigenvalue weighted by molar-refractivity contribution is 14.0. The molecule has 0 bridgehead atoms. The van der Waals surface area contributed by atoms with Crippen LogP contribution < -0.4 is 11.1 Å². The lowest BCUT2D eigenvalue weighted by Gasteiger charge is -2.07. The summed E-state index contributed by atoms with van der Waals surface area (Å²) in [4.78, 5) is 8.53. The van der Waals surface area contributed by atoms with E-state index in [4.69, 9.17) is 5.73 Å². The molecule has 1 heterocycles. The zero-order chi connectivity index (χ0) is 14.9. The molecule has 5 nitrogen and oxygen atoms in total. The zero-order valence-corrected chi connectivity index (χ0v) is 14.6. The Kier molecular flexibility index (Phi) is 8.46. The molecule has 0 aliphatic heterocycles. The van der Waals surface area contributed by atoms with Crippen LogP contribution >= 0.6 is 24.0 Å². The number of rotatable bonds is 6. The predicted octanol–water partition coefficient (Wildman–Crippen LogP) is 1.84. The van der Waals surface area contributed by atoms with Gasteiger partial charge in [-0.25, -0.2) is 4.99 Å². The van der Waals surface area contributed by atoms with Crippen LogP contribution in [0.2, 0.25) is 0 Å². The topological polar surface area (TPSA) is 83.5 Å². The van der Waals surface area contributed by atoms with Crippen LogP contribution in [0.1, 0.15) is 16.8 Å². The summed E-state index contributed by atoms with van der Waals surface area (Å²) < 4.78 is 0. The molecule has 0 saturated carbocycles. The minimum atomic E-state index is 0. The zero-order valence-electron chi connectivity index (χ0n) is 12.3. The maximum Gasteiger partial charge on any atom is 0.188 e. The number of nitrogens with two attached hydrogens (primary N) is 1. The van der Waals surface area contributed by atoms with Crippen LogP contribution in [0.4, 0.5) is 0 Å². The first kappa shape index (κ1) is 18.4. The number of hydrogen-bond acceptors (Lipinski definition) is 3. The number of hydrogen-bond donors (Lipinski definition) is 3. The van der Waals surface area contributed by atoms with Crippen molar-refractivity contribution in [2.45, 2.75) is 19.6 Å². The highest BCUT2D eigenvalue weighted by Crippen LogP contribution is 2.09. The second-order valence-electron chi connectivity index (χ2n) is 4.63. The Hall–Kier alpha value is -1.67. The number of aliphatic hydroxyl groups excluding tert-OH is 1. The molecule has 22 heavy (non-hydrogen) atoms. The van der Waals surface area contributed by atoms with Crippen LogP contribution in [-0.4, -0.2) is 22.6 Å². The van der Waals surface area contributed by atoms with E-state index in [1.807, 2.05) is 42.5 Å². The Labute approximate surface area is 147 Å². The largest absolute Gasteiger partial charge is 0.392 e. The molecule has 0 atom stereocenters. The highest BCUT2D eigenvalue weighted by atomic mass is 127. The third-order valence-electron chi connectivity index (χ3n) is 3.12. The van der Waals surface area contributed by atoms with Gasteiger partial charge in [-0.05, 0) is 23.3 Å². The minimum absolute atomic E-state index is 0. The van der Waals surface area contributed by atoms with E-state index < -0.39 is 0 Å². The van der Waals surface area contributed by atoms with Crippen LogP contribution in [-0.2, 0) is 19.6 Å². The van der Waals surface area contributed by atoms with Gasteiger partial charge in [0.2, 0.25) is 0 Å². The van der Waals surface area contributed by atoms with Gasteiger partial charge in [0.25, 0.3) is 0 Å². The Morgan fingerprint density at radius 1 is 1.14 bits per heavy atom. The SMILES string of the molecule is I.NC(=NCc1ccccc1CO)NCCc1ccccn1. The molecule has 6 heteroatoms. The molecule has 0 aliphatic carbocycles. The standard InChI is InChI=1S/C16H20N4O.HI/c17-16(19-10-8-15-7-3-4-9-18-15)20-11-13-5-1-2-6-14(13)12-21;/h1-7,9,21H,8,10-12H2,(H3,17,19,20);1H. The third kappa shape index (κ3) is 5.98. The van der Waals surface area contributed by atoms with E-state index in [2.05, 4.69) is 15.3 Å². The van der Waals surface area contributed by atoms with Crippen LogP contribution in [0, 0.1) is 0 Å². The fourth-order valence-corrected chi connectivity index (χ4v) is 1.96. The average molecular weight is 412 g/mol. The highest BCUT2D eigenvalue weighted by Gasteiger charge is 2.00. The van der Waals surface area contributed by atoms with Crippen molar-refractivity contribution in [3.8, 4) is 0 Å². The third-order valence-corrected chi connectivity index (χ3v) is 3.12. The van der Waals surface area contributed by atoms with Gasteiger partial charge in [-0.15, -0.1) is 24.0 Å². The van der Waals surface area contributed by atoms with E-state index >= 15 is 0 Å². The summed E-state index contributed by atoms with van der Waals surface area (Å²) >= 11 is 0. The van der Waals surface area contributed by atoms with E-state index in [0.29, 0.717) is 19.0 Å². The number of nitrogens with one attached hydrogen (secondary N) is 1. The molecule has 0 spiro atoms. The summed E-state index contributed by atoms with van der Waals surface area (Å²) in [6.07, 6.45) is 2.57. The predicted molar refractivity (Wildman–Crippen MR) is 99.0 cm³/mol. The molecule has 2 rings (SSSR count). The Bertz CT molecular complexity index is 590. The molecule has 0 radical (unpaired) electrons. The summed E-state index contributed by atoms with van der Waals surface area (Å²) in [5.74, 6) is 0.402. The van der Waals surface area contributed by atoms with Gasteiger partial charge in [0.05, 0.1) is 13.2 Å². The summed E-state index contributed by atoms with van der Waals surface area (Å²) in [5, 5.41) is 12.3. The summed E-state index contributed by atoms with van der Waals surface area (Å²) in [6.45, 7) is 1.16. The maximum atomic E-state index is 9.25. The van der Waals surface area contributed by atoms with Gasteiger partial charge in [-0.1, -0.05) is 30.3 Å². The van der Waals surface area contributed by atoms with Crippen LogP contribution in [0.15, 0.2) is 53.7 Å². The molecule has 4 N–H and O–H groups in total. The molecule has 0 amide bonds. The number of guanidine groups is 1. The van der Waals surface area contributed by atoms with Gasteiger partial charge in [0, 0.05) is 24.9 Å². The van der Waals surface area contributed by atoms with Crippen LogP contribution in [0.25, 0.3) is 0 Å². The molecular formula is C16H21IN4O. The lowest BCUT2D eigenvalue weighted by Crippen LogP contribution is -2.33. The van der Waals surface area contributed by atoms with Crippen molar-refractivity contribution in [2.24, 2.45) is 10.7 Å². The molecule has 1 aromatic carbocycles. The van der Waals surface area contributed by atoms with E-state index in [9.17, 15) is 5.11 Å². The first-order chi connectivity index (χ1) is 10.3. The number of aliphatic hydroxyl groups is 1. The monoisotopic (exact) mass is 412 g/mol. The molecule has 0 aliphatic rings. The second kappa shape index (κ2) is 10.1. The summed E-state index contributed by atoms with van der Waals surface area (Å²) in [5.41, 5.74) is 8.71. The number of nitrogens with zero attached hydrogens (tertiary/aromatic N) is 2. The van der Waals surface area contributed by atoms with E-state index in [0.717, 1.165) is 23.2 Å². The fraction of sp³-hybridized carbons (Fsp3) is 0.250. The van der Waals surface area contributed by atoms with E-state index in [1.54, 1.807) is 6.20 Å². The normalized spacial score (nSPS) is 10.9. The maximum absolute atomic E-state index is 9.25. The van der Waals surface area contributed by atoms with Crippen LogP contribution in [0.5, 0.6) is 0 Å². The Balaban J connectivity index is 0.00000242. The van der Waals surface area contributed by atoms with Gasteiger partial charge >= 0.3 is 0 Å². The van der Waals surface area contributed by atoms with Crippen molar-refractivity contribution in [2.75, 3.05) is 6.54 Å². The second-order valence-corrected chi connectivity index (χ2v) is 4.63. The van der Waals surface area contributed by atoms with Crippen molar-refractivity contribution in [3.05, 3.63) is 65.5 Å². The van der Waals surface area contributed by atoms with Crippen molar-refractivity contribution < 1.29 is 5.11 Å². The van der Waals surface area contributed by atoms with Crippen molar-refractivity contribution >= 4 is 29.9 Å². The minimum Gasteiger partial charge on any atom is -0.392 e. The van der Waals surface area contributed by atoms with Gasteiger partial charge in [0.15, 0.2) is 5.96 Å². The van der Waals surface area contributed by atoms with Gasteiger partial charge in [0.1, 0.15) is 0 Å². The molecule has 0 saturated heterocycles. The van der Waals surface area contributed by atoms with Crippen molar-refractivity contribution in [1.29, 1.82) is 0 Å². The summed E-state index contributed by atoms with van der Waals surface area (Å²) in [6, 6.07) is 13.5. The van der Waals surface area contributed by atoms with Gasteiger partial charge < -0.3 is 16.2 Å². The van der Waals surface area contributed by atoms with E-state index in [1.165, 1.54) is 0 Å². The Morgan fingerprint density at radius 3 is 2.55 bits per heavy atom. The Morgan fingerprint density at radius 2 is 1.86 bits per heavy atom. The molecule has 0 fully saturated rings. The molecule has 1 aromatic heterocycles. The molecule has 0 unspecified atom stereocenters. The number of aliphatic imine (C=N–C) groups is 1. The molecule has 2 aromatic rings. The van der Waals surface area contributed by atoms with E-state index in [-0.39, 0.29) is 30.6 Å². The average Bonchev–Trinajstić information content (AvgIpc) is 2.54. The van der Waals surface area contributed by atoms with Crippen molar-refractivity contribution in [1.82, 2.24) is 10.3 Å². The smallest absolute Gasteiger partial charge is 0.188 e. The number of aromatic nitrogens is 1. The van der Waals surface area contributed by atoms with Gasteiger partial charge in [-0.3, -0.25) is 4.98 Å². The van der Waals surface area contributed by atoms with Crippen LogP contribution in [0.3, 0.4) is 0 Å². The first-order valence-corrected chi connectivity index (χ1v) is 6.91. The molecule has 118 valence electrons. The number of pyridine rings is 1. The van der Waals surface area contributed by atoms with Gasteiger partial charge in [-0.2, -0.15) is 0 Å². The number of benzene rings is 1. The first-order valence-electron chi connectivity index (χ1n) is 6.91. The fourth-order valence-electron chi connectivity index (χ4n) is 1.96. The lowest BCUT2D eigenvalue weighted by molar-refractivity contribution is 0.280. The molecular weight excluding hydrogens is 391 g/mol. The number of halogens is 1. The lowest BCUT2D eigenvalue weighted by atomic mass is 10.1.